The van der Waals surface area contributed by atoms with E-state index in [0.717, 1.165) is 117 Å². The minimum Gasteiger partial charge on any atom is -0.454 e. The van der Waals surface area contributed by atoms with Gasteiger partial charge < -0.3 is 45.9 Å². The molecule has 5 amide bonds. The highest BCUT2D eigenvalue weighted by Gasteiger charge is 2.42. The summed E-state index contributed by atoms with van der Waals surface area (Å²) in [6.07, 6.45) is 13.8. The number of nitrogens with two attached hydrogens (primary N) is 1. The van der Waals surface area contributed by atoms with Crippen molar-refractivity contribution in [2.45, 2.75) is 130 Å². The molecule has 0 aliphatic carbocycles. The van der Waals surface area contributed by atoms with E-state index in [1.165, 1.54) is 18.1 Å². The van der Waals surface area contributed by atoms with Crippen LogP contribution in [0.2, 0.25) is 0 Å². The van der Waals surface area contributed by atoms with Crippen LogP contribution in [0.1, 0.15) is 96.3 Å². The molecule has 0 saturated carbocycles. The summed E-state index contributed by atoms with van der Waals surface area (Å²) in [7, 11) is 0. The van der Waals surface area contributed by atoms with Crippen LogP contribution in [-0.4, -0.2) is 104 Å². The van der Waals surface area contributed by atoms with E-state index in [1.807, 2.05) is 28.8 Å². The zero-order valence-electron chi connectivity index (χ0n) is 34.1. The Kier molecular flexibility index (Phi) is 16.0. The number of anilines is 1. The molecule has 0 bridgehead atoms. The first-order valence-electron chi connectivity index (χ1n) is 21.5. The van der Waals surface area contributed by atoms with Gasteiger partial charge in [-0.2, -0.15) is 11.8 Å². The molecule has 0 radical (unpaired) electrons. The first-order valence-corrected chi connectivity index (χ1v) is 24.1. The number of thioether (sulfide) groups is 1. The van der Waals surface area contributed by atoms with Crippen molar-refractivity contribution in [3.8, 4) is 11.5 Å². The second-order valence-electron chi connectivity index (χ2n) is 16.0. The van der Waals surface area contributed by atoms with Crippen LogP contribution in [0, 0.1) is 5.92 Å². The number of hydrogen-bond acceptors (Lipinski definition) is 12. The summed E-state index contributed by atoms with van der Waals surface area (Å²) in [6, 6.07) is 4.25. The number of rotatable bonds is 22. The smallest absolute Gasteiger partial charge is 0.315 e. The number of carbonyl (C=O) groups excluding carboxylic acids is 4. The summed E-state index contributed by atoms with van der Waals surface area (Å²) in [6.45, 7) is 3.71. The minimum absolute atomic E-state index is 0.0593. The number of carbonyl (C=O) groups is 4. The zero-order valence-corrected chi connectivity index (χ0v) is 37.3. The normalized spacial score (nSPS) is 19.6. The molecule has 3 aromatic rings. The van der Waals surface area contributed by atoms with Gasteiger partial charge in [-0.3, -0.25) is 14.4 Å². The van der Waals surface area contributed by atoms with Crippen LogP contribution in [-0.2, 0) is 20.9 Å². The van der Waals surface area contributed by atoms with Gasteiger partial charge in [0.05, 0.1) is 12.1 Å². The molecule has 7 rings (SSSR count). The lowest BCUT2D eigenvalue weighted by atomic mass is 9.93. The highest BCUT2D eigenvalue weighted by Crippen LogP contribution is 2.43. The average Bonchev–Trinajstić information content (AvgIpc) is 4.03. The monoisotopic (exact) mass is 928 g/mol. The Hall–Kier alpha value is -3.97. The molecule has 3 fully saturated rings. The van der Waals surface area contributed by atoms with E-state index in [2.05, 4.69) is 51.7 Å². The number of aromatic nitrogens is 4. The summed E-state index contributed by atoms with van der Waals surface area (Å²) >= 11 is 7.08. The molecule has 3 saturated heterocycles. The Morgan fingerprint density at radius 3 is 2.35 bits per heavy atom. The maximum Gasteiger partial charge on any atom is 0.315 e. The van der Waals surface area contributed by atoms with Crippen molar-refractivity contribution in [1.29, 1.82) is 0 Å². The number of likely N-dealkylation sites (tertiary alicyclic amines) is 1. The summed E-state index contributed by atoms with van der Waals surface area (Å²) in [5, 5.41) is 13.2. The van der Waals surface area contributed by atoms with E-state index in [9.17, 15) is 19.2 Å². The van der Waals surface area contributed by atoms with Gasteiger partial charge in [0, 0.05) is 72.4 Å². The number of nitrogens with one attached hydrogen (secondary N) is 4. The van der Waals surface area contributed by atoms with Gasteiger partial charge in [-0.05, 0) is 91.8 Å². The molecule has 6 heterocycles. The fourth-order valence-electron chi connectivity index (χ4n) is 8.30. The van der Waals surface area contributed by atoms with Crippen molar-refractivity contribution >= 4 is 80.2 Å². The van der Waals surface area contributed by atoms with Crippen LogP contribution >= 0.6 is 39.5 Å². The minimum atomic E-state index is -0.0618. The van der Waals surface area contributed by atoms with Gasteiger partial charge in [-0.15, -0.1) is 0 Å². The first-order chi connectivity index (χ1) is 29.2. The van der Waals surface area contributed by atoms with E-state index < -0.39 is 0 Å². The van der Waals surface area contributed by atoms with Crippen molar-refractivity contribution < 1.29 is 28.7 Å². The number of amides is 5. The number of unbranched alkanes of at least 4 members (excludes halogenated alkanes) is 5. The lowest BCUT2D eigenvalue weighted by Crippen LogP contribution is -2.38. The van der Waals surface area contributed by atoms with E-state index in [0.29, 0.717) is 72.0 Å². The topological polar surface area (TPSA) is 208 Å². The number of aryl methyl sites for hydroxylation is 1. The SMILES string of the molecule is Nc1ncnc2c1nc(Sc1cc3c(cc1Br)OCO3)n2CCC1CCN(C(=O)CCCCCNC(=O)CCCCCNC(=O)CCCCC2SC[C@@H]3NC(=O)N[C@H]23)CC1. The largest absolute Gasteiger partial charge is 0.454 e. The van der Waals surface area contributed by atoms with Gasteiger partial charge in [0.2, 0.25) is 24.5 Å². The standard InChI is InChI=1S/C41H57BrN10O6S2/c42-27-21-29-30(58-25-57-29)22-32(27)60-41-50-37-38(43)46-24-47-39(37)52(41)20-15-26-13-18-51(19-14-26)35(55)12-4-2-8-17-44-33(53)10-3-1-7-16-45-34(54)11-6-5-9-31-36-28(23-59-31)48-40(56)49-36/h21-22,24,26,28,31,36H,1-20,23,25H2,(H,44,53)(H,45,54)(H2,43,46,47)(H2,48,49,56)/t28-,31?,36-/m0/s1. The Labute approximate surface area is 367 Å². The molecule has 1 unspecified atom stereocenters. The third-order valence-electron chi connectivity index (χ3n) is 11.8. The van der Waals surface area contributed by atoms with Crippen molar-refractivity contribution in [3.63, 3.8) is 0 Å². The molecule has 2 aromatic heterocycles. The molecule has 0 spiro atoms. The van der Waals surface area contributed by atoms with E-state index in [-0.39, 0.29) is 42.6 Å². The first kappa shape index (κ1) is 44.1. The number of imidazole rings is 1. The Balaban J connectivity index is 0.699. The van der Waals surface area contributed by atoms with E-state index >= 15 is 0 Å². The molecule has 4 aliphatic heterocycles. The molecule has 326 valence electrons. The summed E-state index contributed by atoms with van der Waals surface area (Å²) < 4.78 is 14.1. The highest BCUT2D eigenvalue weighted by atomic mass is 79.9. The second-order valence-corrected chi connectivity index (χ2v) is 19.2. The fourth-order valence-corrected chi connectivity index (χ4v) is 11.4. The zero-order chi connectivity index (χ0) is 41.8. The molecule has 60 heavy (non-hydrogen) atoms. The van der Waals surface area contributed by atoms with Crippen LogP contribution in [0.25, 0.3) is 11.2 Å². The molecule has 1 aromatic carbocycles. The van der Waals surface area contributed by atoms with Crippen LogP contribution in [0.3, 0.4) is 0 Å². The molecule has 4 aliphatic rings. The predicted molar refractivity (Wildman–Crippen MR) is 235 cm³/mol. The molecule has 16 nitrogen and oxygen atoms in total. The van der Waals surface area contributed by atoms with Crippen molar-refractivity contribution in [3.05, 3.63) is 22.9 Å². The van der Waals surface area contributed by atoms with Gasteiger partial charge in [0.15, 0.2) is 33.6 Å². The van der Waals surface area contributed by atoms with E-state index in [1.54, 1.807) is 0 Å². The number of urea groups is 1. The average molecular weight is 930 g/mol. The number of ether oxygens (including phenoxy) is 2. The summed E-state index contributed by atoms with van der Waals surface area (Å²) in [4.78, 5) is 65.5. The number of halogens is 1. The molecular weight excluding hydrogens is 873 g/mol. The second kappa shape index (κ2) is 21.7. The number of benzene rings is 1. The third kappa shape index (κ3) is 11.9. The van der Waals surface area contributed by atoms with Gasteiger partial charge in [-0.1, -0.05) is 31.0 Å². The Morgan fingerprint density at radius 1 is 0.900 bits per heavy atom. The molecule has 19 heteroatoms. The van der Waals surface area contributed by atoms with Gasteiger partial charge >= 0.3 is 6.03 Å². The predicted octanol–water partition coefficient (Wildman–Crippen LogP) is 5.76. The molecular formula is C41H57BrN10O6S2. The van der Waals surface area contributed by atoms with Crippen molar-refractivity contribution in [2.24, 2.45) is 5.92 Å². The van der Waals surface area contributed by atoms with Crippen LogP contribution in [0.5, 0.6) is 11.5 Å². The lowest BCUT2D eigenvalue weighted by Gasteiger charge is -2.32. The van der Waals surface area contributed by atoms with Crippen molar-refractivity contribution in [2.75, 3.05) is 44.5 Å². The number of nitrogens with zero attached hydrogens (tertiary/aromatic N) is 5. The van der Waals surface area contributed by atoms with Crippen LogP contribution in [0.15, 0.2) is 33.0 Å². The quantitative estimate of drug-likeness (QED) is 0.0603. The Bertz CT molecular complexity index is 1980. The number of piperidine rings is 1. The van der Waals surface area contributed by atoms with Crippen LogP contribution < -0.4 is 36.5 Å². The number of hydrogen-bond donors (Lipinski definition) is 5. The van der Waals surface area contributed by atoms with Crippen LogP contribution in [0.4, 0.5) is 10.6 Å². The fraction of sp³-hybridized carbons (Fsp3) is 0.634. The number of nitrogen functional groups attached to an aromatic ring is 1. The molecule has 3 atom stereocenters. The lowest BCUT2D eigenvalue weighted by molar-refractivity contribution is -0.132. The van der Waals surface area contributed by atoms with Gasteiger partial charge in [0.1, 0.15) is 6.33 Å². The maximum absolute atomic E-state index is 13.0. The van der Waals surface area contributed by atoms with E-state index in [4.69, 9.17) is 20.2 Å². The van der Waals surface area contributed by atoms with Gasteiger partial charge in [-0.25, -0.2) is 19.7 Å². The molecule has 6 N–H and O–H groups in total. The van der Waals surface area contributed by atoms with Gasteiger partial charge in [0.25, 0.3) is 0 Å². The summed E-state index contributed by atoms with van der Waals surface area (Å²) in [5.41, 5.74) is 7.50. The maximum atomic E-state index is 13.0. The number of fused-ring (bicyclic) bond motifs is 3. The highest BCUT2D eigenvalue weighted by molar-refractivity contribution is 9.10. The Morgan fingerprint density at radius 2 is 1.60 bits per heavy atom. The summed E-state index contributed by atoms with van der Waals surface area (Å²) in [5.74, 6) is 3.54. The third-order valence-corrected chi connectivity index (χ3v) is 15.2. The van der Waals surface area contributed by atoms with Crippen molar-refractivity contribution in [1.82, 2.24) is 45.7 Å².